The van der Waals surface area contributed by atoms with E-state index in [2.05, 4.69) is 10.3 Å². The number of nitrogens with one attached hydrogen (secondary N) is 1. The molecule has 0 aliphatic carbocycles. The summed E-state index contributed by atoms with van der Waals surface area (Å²) in [5.74, 6) is -1.81. The number of nitrogens with zero attached hydrogens (tertiary/aromatic N) is 2. The van der Waals surface area contributed by atoms with E-state index in [4.69, 9.17) is 9.47 Å². The lowest BCUT2D eigenvalue weighted by atomic mass is 10.0. The van der Waals surface area contributed by atoms with Crippen LogP contribution < -0.4 is 5.32 Å². The quantitative estimate of drug-likeness (QED) is 0.389. The van der Waals surface area contributed by atoms with E-state index in [9.17, 15) is 14.4 Å². The highest BCUT2D eigenvalue weighted by atomic mass is 32.1. The van der Waals surface area contributed by atoms with Crippen molar-refractivity contribution in [1.82, 2.24) is 9.38 Å². The van der Waals surface area contributed by atoms with Gasteiger partial charge in [0.25, 0.3) is 5.91 Å². The molecule has 0 saturated heterocycles. The van der Waals surface area contributed by atoms with Crippen LogP contribution >= 0.6 is 11.3 Å². The van der Waals surface area contributed by atoms with Gasteiger partial charge < -0.3 is 19.2 Å². The van der Waals surface area contributed by atoms with E-state index in [0.29, 0.717) is 16.2 Å². The Kier molecular flexibility index (Phi) is 6.74. The topological polar surface area (TPSA) is 99.0 Å². The summed E-state index contributed by atoms with van der Waals surface area (Å²) in [6.07, 6.45) is 3.34. The fourth-order valence-corrected chi connectivity index (χ4v) is 4.61. The van der Waals surface area contributed by atoms with Gasteiger partial charge in [-0.15, -0.1) is 11.3 Å². The molecule has 1 N–H and O–H groups in total. The molecular weight excluding hydrogens is 454 g/mol. The minimum atomic E-state index is -0.713. The van der Waals surface area contributed by atoms with Crippen molar-refractivity contribution in [2.75, 3.05) is 18.5 Å². The van der Waals surface area contributed by atoms with Crippen LogP contribution in [0.5, 0.6) is 0 Å². The highest BCUT2D eigenvalue weighted by Crippen LogP contribution is 2.40. The van der Waals surface area contributed by atoms with Crippen LogP contribution in [-0.2, 0) is 14.3 Å². The van der Waals surface area contributed by atoms with Gasteiger partial charge in [0.1, 0.15) is 16.2 Å². The Morgan fingerprint density at radius 1 is 1.06 bits per heavy atom. The molecule has 3 aromatic heterocycles. The fraction of sp³-hybridized carbons (Fsp3) is 0.200. The van der Waals surface area contributed by atoms with Crippen molar-refractivity contribution in [3.8, 4) is 11.1 Å². The number of hydrogen-bond donors (Lipinski definition) is 1. The predicted molar refractivity (Wildman–Crippen MR) is 129 cm³/mol. The third-order valence-electron chi connectivity index (χ3n) is 5.04. The first kappa shape index (κ1) is 23.2. The van der Waals surface area contributed by atoms with E-state index < -0.39 is 24.5 Å². The number of imidazole rings is 1. The molecule has 4 aromatic rings. The molecular formula is C25H23N3O5S. The van der Waals surface area contributed by atoms with Crippen molar-refractivity contribution < 1.29 is 23.9 Å². The van der Waals surface area contributed by atoms with Crippen LogP contribution in [0.25, 0.3) is 16.8 Å². The first-order chi connectivity index (χ1) is 16.4. The second kappa shape index (κ2) is 9.88. The molecule has 34 heavy (non-hydrogen) atoms. The van der Waals surface area contributed by atoms with Crippen LogP contribution in [0.4, 0.5) is 5.00 Å². The zero-order valence-electron chi connectivity index (χ0n) is 19.0. The lowest BCUT2D eigenvalue weighted by Gasteiger charge is -2.09. The minimum absolute atomic E-state index is 0.101. The van der Waals surface area contributed by atoms with Crippen LogP contribution in [0.2, 0.25) is 0 Å². The second-order valence-corrected chi connectivity index (χ2v) is 8.77. The van der Waals surface area contributed by atoms with Crippen molar-refractivity contribution in [3.63, 3.8) is 0 Å². The van der Waals surface area contributed by atoms with E-state index in [1.165, 1.54) is 11.3 Å². The summed E-state index contributed by atoms with van der Waals surface area (Å²) < 4.78 is 12.1. The first-order valence-corrected chi connectivity index (χ1v) is 11.5. The van der Waals surface area contributed by atoms with Gasteiger partial charge in [0.05, 0.1) is 6.61 Å². The zero-order valence-corrected chi connectivity index (χ0v) is 19.8. The van der Waals surface area contributed by atoms with Gasteiger partial charge >= 0.3 is 11.9 Å². The Hall–Kier alpha value is -3.98. The summed E-state index contributed by atoms with van der Waals surface area (Å²) >= 11 is 1.26. The smallest absolute Gasteiger partial charge is 0.359 e. The molecule has 0 radical (unpaired) electrons. The van der Waals surface area contributed by atoms with E-state index >= 15 is 0 Å². The summed E-state index contributed by atoms with van der Waals surface area (Å²) in [6, 6.07) is 13.1. The van der Waals surface area contributed by atoms with Gasteiger partial charge in [-0.3, -0.25) is 4.79 Å². The van der Waals surface area contributed by atoms with Crippen LogP contribution in [0.15, 0.2) is 54.9 Å². The Morgan fingerprint density at radius 2 is 1.82 bits per heavy atom. The van der Waals surface area contributed by atoms with Crippen molar-refractivity contribution in [3.05, 3.63) is 76.6 Å². The number of carbonyl (C=O) groups excluding carboxylic acids is 3. The number of ether oxygens (including phenoxy) is 2. The number of aryl methyl sites for hydroxylation is 2. The molecule has 0 unspecified atom stereocenters. The van der Waals surface area contributed by atoms with E-state index in [0.717, 1.165) is 16.0 Å². The third-order valence-corrected chi connectivity index (χ3v) is 6.06. The third kappa shape index (κ3) is 4.84. The van der Waals surface area contributed by atoms with Gasteiger partial charge in [-0.1, -0.05) is 30.3 Å². The number of amides is 1. The summed E-state index contributed by atoms with van der Waals surface area (Å²) in [5, 5.41) is 3.04. The molecule has 0 bridgehead atoms. The molecule has 0 spiro atoms. The fourth-order valence-electron chi connectivity index (χ4n) is 3.53. The molecule has 174 valence electrons. The lowest BCUT2D eigenvalue weighted by molar-refractivity contribution is -0.119. The molecule has 0 saturated carbocycles. The van der Waals surface area contributed by atoms with Crippen molar-refractivity contribution in [2.24, 2.45) is 0 Å². The molecule has 8 nitrogen and oxygen atoms in total. The van der Waals surface area contributed by atoms with Gasteiger partial charge in [-0.25, -0.2) is 14.6 Å². The van der Waals surface area contributed by atoms with Crippen LogP contribution in [0, 0.1) is 13.8 Å². The molecule has 1 amide bonds. The Bertz CT molecular complexity index is 1370. The largest absolute Gasteiger partial charge is 0.462 e. The minimum Gasteiger partial charge on any atom is -0.462 e. The Morgan fingerprint density at radius 3 is 2.56 bits per heavy atom. The molecule has 4 rings (SSSR count). The van der Waals surface area contributed by atoms with Crippen LogP contribution in [-0.4, -0.2) is 40.4 Å². The van der Waals surface area contributed by atoms with Gasteiger partial charge in [0, 0.05) is 22.8 Å². The summed E-state index contributed by atoms with van der Waals surface area (Å²) in [7, 11) is 0. The van der Waals surface area contributed by atoms with Crippen LogP contribution in [0.1, 0.15) is 38.2 Å². The maximum atomic E-state index is 12.8. The van der Waals surface area contributed by atoms with E-state index in [1.807, 2.05) is 56.3 Å². The van der Waals surface area contributed by atoms with Gasteiger partial charge in [-0.2, -0.15) is 0 Å². The number of anilines is 1. The SMILES string of the molecule is CCOC(=O)c1c(NC(=O)COC(=O)c2cn3ccc(C)cc3n2)sc(C)c1-c1ccccc1. The maximum Gasteiger partial charge on any atom is 0.359 e. The van der Waals surface area contributed by atoms with Crippen molar-refractivity contribution in [2.45, 2.75) is 20.8 Å². The highest BCUT2D eigenvalue weighted by Gasteiger charge is 2.26. The lowest BCUT2D eigenvalue weighted by Crippen LogP contribution is -2.22. The average molecular weight is 478 g/mol. The average Bonchev–Trinajstić information content (AvgIpc) is 3.38. The summed E-state index contributed by atoms with van der Waals surface area (Å²) in [6.45, 7) is 5.20. The number of carbonyl (C=O) groups is 3. The molecule has 0 aliphatic heterocycles. The predicted octanol–water partition coefficient (Wildman–Crippen LogP) is 4.65. The zero-order chi connectivity index (χ0) is 24.2. The van der Waals surface area contributed by atoms with E-state index in [-0.39, 0.29) is 17.9 Å². The first-order valence-electron chi connectivity index (χ1n) is 10.7. The number of rotatable bonds is 7. The van der Waals surface area contributed by atoms with Gasteiger partial charge in [-0.05, 0) is 44.0 Å². The monoisotopic (exact) mass is 477 g/mol. The normalized spacial score (nSPS) is 10.8. The molecule has 9 heteroatoms. The van der Waals surface area contributed by atoms with E-state index in [1.54, 1.807) is 23.7 Å². The standard InChI is InChI=1S/C25H23N3O5S/c1-4-32-25(31)22-21(17-8-6-5-7-9-17)16(3)34-23(22)27-20(29)14-33-24(30)18-13-28-11-10-15(2)12-19(28)26-18/h5-13H,4,14H2,1-3H3,(H,27,29). The number of pyridine rings is 1. The maximum absolute atomic E-state index is 12.8. The molecule has 1 aromatic carbocycles. The Balaban J connectivity index is 1.50. The summed E-state index contributed by atoms with van der Waals surface area (Å²) in [4.78, 5) is 42.8. The number of fused-ring (bicyclic) bond motifs is 1. The van der Waals surface area contributed by atoms with Gasteiger partial charge in [0.15, 0.2) is 12.3 Å². The number of thiophene rings is 1. The molecule has 0 fully saturated rings. The number of aromatic nitrogens is 2. The molecule has 0 aliphatic rings. The molecule has 3 heterocycles. The highest BCUT2D eigenvalue weighted by molar-refractivity contribution is 7.17. The van der Waals surface area contributed by atoms with Gasteiger partial charge in [0.2, 0.25) is 0 Å². The number of benzene rings is 1. The number of esters is 2. The summed E-state index contributed by atoms with van der Waals surface area (Å²) in [5.41, 5.74) is 3.55. The second-order valence-electron chi connectivity index (χ2n) is 7.54. The van der Waals surface area contributed by atoms with Crippen molar-refractivity contribution in [1.29, 1.82) is 0 Å². The number of hydrogen-bond acceptors (Lipinski definition) is 7. The molecule has 0 atom stereocenters. The van der Waals surface area contributed by atoms with Crippen molar-refractivity contribution >= 4 is 39.8 Å². The van der Waals surface area contributed by atoms with Crippen LogP contribution in [0.3, 0.4) is 0 Å². The Labute approximate surface area is 200 Å².